The molecule has 0 saturated carbocycles. The van der Waals surface area contributed by atoms with E-state index in [1.54, 1.807) is 0 Å². The Morgan fingerprint density at radius 2 is 1.79 bits per heavy atom. The summed E-state index contributed by atoms with van der Waals surface area (Å²) in [6.07, 6.45) is 4.38. The maximum absolute atomic E-state index is 12.5. The first-order valence-corrected chi connectivity index (χ1v) is 8.55. The van der Waals surface area contributed by atoms with E-state index in [4.69, 9.17) is 4.98 Å². The first-order valence-electron chi connectivity index (χ1n) is 8.55. The van der Waals surface area contributed by atoms with Gasteiger partial charge in [0.1, 0.15) is 0 Å². The summed E-state index contributed by atoms with van der Waals surface area (Å²) in [4.78, 5) is 17.3. The number of hydrogen-bond donors (Lipinski definition) is 1. The molecule has 1 amide bonds. The van der Waals surface area contributed by atoms with Crippen LogP contribution in [-0.2, 0) is 24.1 Å². The lowest BCUT2D eigenvalue weighted by Crippen LogP contribution is -2.14. The third-order valence-electron chi connectivity index (χ3n) is 4.67. The lowest BCUT2D eigenvalue weighted by atomic mass is 10.1. The van der Waals surface area contributed by atoms with Crippen LogP contribution in [-0.4, -0.2) is 10.9 Å². The maximum atomic E-state index is 12.5. The Morgan fingerprint density at radius 1 is 1.00 bits per heavy atom. The molecule has 3 heteroatoms. The first kappa shape index (κ1) is 14.9. The zero-order valence-corrected chi connectivity index (χ0v) is 13.6. The van der Waals surface area contributed by atoms with Crippen molar-refractivity contribution in [1.82, 2.24) is 4.98 Å². The number of aryl methyl sites for hydroxylation is 2. The molecule has 2 aromatic carbocycles. The highest BCUT2D eigenvalue weighted by molar-refractivity contribution is 6.02. The van der Waals surface area contributed by atoms with E-state index in [0.717, 1.165) is 48.0 Å². The number of hydrogen-bond acceptors (Lipinski definition) is 2. The Kier molecular flexibility index (Phi) is 3.99. The van der Waals surface area contributed by atoms with Crippen molar-refractivity contribution in [3.05, 3.63) is 71.4 Å². The molecule has 1 aromatic heterocycles. The van der Waals surface area contributed by atoms with Gasteiger partial charge in [-0.25, -0.2) is 0 Å². The fourth-order valence-electron chi connectivity index (χ4n) is 3.46. The number of para-hydroxylation sites is 1. The van der Waals surface area contributed by atoms with Crippen molar-refractivity contribution in [3.8, 4) is 0 Å². The second-order valence-electron chi connectivity index (χ2n) is 6.32. The number of nitrogens with zero attached hydrogens (tertiary/aromatic N) is 1. The van der Waals surface area contributed by atoms with E-state index in [2.05, 4.69) is 17.4 Å². The van der Waals surface area contributed by atoms with Crippen molar-refractivity contribution >= 4 is 22.5 Å². The number of rotatable bonds is 4. The molecule has 3 nitrogen and oxygen atoms in total. The van der Waals surface area contributed by atoms with Gasteiger partial charge in [-0.15, -0.1) is 0 Å². The highest BCUT2D eigenvalue weighted by atomic mass is 16.1. The zero-order valence-electron chi connectivity index (χ0n) is 13.6. The van der Waals surface area contributed by atoms with Gasteiger partial charge in [0.15, 0.2) is 0 Å². The van der Waals surface area contributed by atoms with E-state index in [9.17, 15) is 4.79 Å². The minimum Gasteiger partial charge on any atom is -0.325 e. The molecule has 0 atom stereocenters. The van der Waals surface area contributed by atoms with Gasteiger partial charge >= 0.3 is 0 Å². The molecule has 1 aliphatic rings. The van der Waals surface area contributed by atoms with Crippen LogP contribution in [0.25, 0.3) is 10.9 Å². The third kappa shape index (κ3) is 2.90. The summed E-state index contributed by atoms with van der Waals surface area (Å²) in [6.45, 7) is 0. The number of anilines is 1. The molecule has 120 valence electrons. The Labute approximate surface area is 141 Å². The summed E-state index contributed by atoms with van der Waals surface area (Å²) in [5.74, 6) is 0.0734. The standard InChI is InChI=1S/C21H20N2O/c24-20(14-13-15-7-2-1-3-8-15)23-21-16-9-4-5-11-18(16)22-19-12-6-10-17(19)21/h1-5,7-9,11H,6,10,12-14H2,(H,22,23,24). The molecule has 0 saturated heterocycles. The highest BCUT2D eigenvalue weighted by Gasteiger charge is 2.20. The number of benzene rings is 2. The topological polar surface area (TPSA) is 42.0 Å². The molecular weight excluding hydrogens is 296 g/mol. The summed E-state index contributed by atoms with van der Waals surface area (Å²) in [5.41, 5.74) is 5.51. The SMILES string of the molecule is O=C(CCc1ccccc1)Nc1c2c(nc3ccccc13)CCC2. The predicted molar refractivity (Wildman–Crippen MR) is 97.2 cm³/mol. The largest absolute Gasteiger partial charge is 0.325 e. The van der Waals surface area contributed by atoms with Crippen LogP contribution in [0.1, 0.15) is 29.7 Å². The van der Waals surface area contributed by atoms with Gasteiger partial charge < -0.3 is 5.32 Å². The van der Waals surface area contributed by atoms with E-state index in [0.29, 0.717) is 6.42 Å². The molecule has 1 aliphatic carbocycles. The second-order valence-corrected chi connectivity index (χ2v) is 6.32. The Morgan fingerprint density at radius 3 is 2.67 bits per heavy atom. The molecule has 0 aliphatic heterocycles. The minimum atomic E-state index is 0.0734. The molecule has 24 heavy (non-hydrogen) atoms. The van der Waals surface area contributed by atoms with Gasteiger partial charge in [0.25, 0.3) is 0 Å². The van der Waals surface area contributed by atoms with Crippen LogP contribution in [0.15, 0.2) is 54.6 Å². The lowest BCUT2D eigenvalue weighted by molar-refractivity contribution is -0.116. The van der Waals surface area contributed by atoms with Crippen LogP contribution in [0.3, 0.4) is 0 Å². The molecule has 0 spiro atoms. The van der Waals surface area contributed by atoms with Crippen molar-refractivity contribution in [2.45, 2.75) is 32.1 Å². The number of nitrogens with one attached hydrogen (secondary N) is 1. The molecule has 3 aromatic rings. The van der Waals surface area contributed by atoms with Gasteiger partial charge in [-0.2, -0.15) is 0 Å². The van der Waals surface area contributed by atoms with Crippen molar-refractivity contribution in [3.63, 3.8) is 0 Å². The van der Waals surface area contributed by atoms with Crippen LogP contribution in [0, 0.1) is 0 Å². The van der Waals surface area contributed by atoms with Gasteiger partial charge in [0, 0.05) is 17.5 Å². The zero-order chi connectivity index (χ0) is 16.4. The smallest absolute Gasteiger partial charge is 0.224 e. The predicted octanol–water partition coefficient (Wildman–Crippen LogP) is 4.29. The van der Waals surface area contributed by atoms with Crippen LogP contribution >= 0.6 is 0 Å². The number of amides is 1. The Bertz CT molecular complexity index is 887. The number of fused-ring (bicyclic) bond motifs is 2. The van der Waals surface area contributed by atoms with Gasteiger partial charge in [-0.3, -0.25) is 9.78 Å². The molecule has 1 heterocycles. The van der Waals surface area contributed by atoms with Gasteiger partial charge in [0.05, 0.1) is 11.2 Å². The maximum Gasteiger partial charge on any atom is 0.224 e. The number of pyridine rings is 1. The van der Waals surface area contributed by atoms with Crippen LogP contribution in [0.5, 0.6) is 0 Å². The third-order valence-corrected chi connectivity index (χ3v) is 4.67. The van der Waals surface area contributed by atoms with E-state index in [-0.39, 0.29) is 5.91 Å². The fraction of sp³-hybridized carbons (Fsp3) is 0.238. The van der Waals surface area contributed by atoms with E-state index in [1.165, 1.54) is 11.1 Å². The average molecular weight is 316 g/mol. The quantitative estimate of drug-likeness (QED) is 0.780. The van der Waals surface area contributed by atoms with Crippen LogP contribution in [0.2, 0.25) is 0 Å². The fourth-order valence-corrected chi connectivity index (χ4v) is 3.46. The molecule has 0 unspecified atom stereocenters. The second kappa shape index (κ2) is 6.44. The molecule has 4 rings (SSSR count). The van der Waals surface area contributed by atoms with E-state index < -0.39 is 0 Å². The van der Waals surface area contributed by atoms with Crippen LogP contribution in [0.4, 0.5) is 5.69 Å². The molecule has 1 N–H and O–H groups in total. The Hall–Kier alpha value is -2.68. The average Bonchev–Trinajstić information content (AvgIpc) is 3.09. The summed E-state index contributed by atoms with van der Waals surface area (Å²) in [5, 5.41) is 4.22. The van der Waals surface area contributed by atoms with Crippen molar-refractivity contribution in [2.24, 2.45) is 0 Å². The minimum absolute atomic E-state index is 0.0734. The molecule has 0 fully saturated rings. The normalized spacial score (nSPS) is 13.0. The van der Waals surface area contributed by atoms with Gasteiger partial charge in [-0.1, -0.05) is 48.5 Å². The number of carbonyl (C=O) groups is 1. The van der Waals surface area contributed by atoms with E-state index >= 15 is 0 Å². The molecular formula is C21H20N2O. The highest BCUT2D eigenvalue weighted by Crippen LogP contribution is 2.34. The number of carbonyl (C=O) groups excluding carboxylic acids is 1. The van der Waals surface area contributed by atoms with Crippen LogP contribution < -0.4 is 5.32 Å². The first-order chi connectivity index (χ1) is 11.8. The molecule has 0 bridgehead atoms. The summed E-state index contributed by atoms with van der Waals surface area (Å²) < 4.78 is 0. The summed E-state index contributed by atoms with van der Waals surface area (Å²) in [7, 11) is 0. The van der Waals surface area contributed by atoms with Gasteiger partial charge in [-0.05, 0) is 42.9 Å². The van der Waals surface area contributed by atoms with Crippen molar-refractivity contribution < 1.29 is 4.79 Å². The lowest BCUT2D eigenvalue weighted by Gasteiger charge is -2.13. The molecule has 0 radical (unpaired) electrons. The Balaban J connectivity index is 1.59. The summed E-state index contributed by atoms with van der Waals surface area (Å²) in [6, 6.07) is 18.2. The van der Waals surface area contributed by atoms with Crippen molar-refractivity contribution in [2.75, 3.05) is 5.32 Å². The summed E-state index contributed by atoms with van der Waals surface area (Å²) >= 11 is 0. The van der Waals surface area contributed by atoms with Crippen molar-refractivity contribution in [1.29, 1.82) is 0 Å². The van der Waals surface area contributed by atoms with Gasteiger partial charge in [0.2, 0.25) is 5.91 Å². The number of aromatic nitrogens is 1. The monoisotopic (exact) mass is 316 g/mol. The van der Waals surface area contributed by atoms with E-state index in [1.807, 2.05) is 42.5 Å².